The van der Waals surface area contributed by atoms with E-state index in [0.29, 0.717) is 48.4 Å². The van der Waals surface area contributed by atoms with Gasteiger partial charge in [-0.15, -0.1) is 0 Å². The highest BCUT2D eigenvalue weighted by Gasteiger charge is 2.27. The van der Waals surface area contributed by atoms with E-state index in [-0.39, 0.29) is 29.2 Å². The van der Waals surface area contributed by atoms with E-state index in [1.54, 1.807) is 18.2 Å². The van der Waals surface area contributed by atoms with E-state index < -0.39 is 5.97 Å². The molecule has 0 heterocycles. The number of amides is 2. The summed E-state index contributed by atoms with van der Waals surface area (Å²) in [7, 11) is 0. The van der Waals surface area contributed by atoms with Crippen LogP contribution in [-0.2, 0) is 9.59 Å². The third-order valence-corrected chi connectivity index (χ3v) is 4.93. The Balaban J connectivity index is 2.00. The number of carbonyl (C=O) groups is 3. The molecule has 27 heavy (non-hydrogen) atoms. The Kier molecular flexibility index (Phi) is 6.87. The van der Waals surface area contributed by atoms with Gasteiger partial charge in [0.15, 0.2) is 0 Å². The summed E-state index contributed by atoms with van der Waals surface area (Å²) in [5.41, 5.74) is 0.685. The van der Waals surface area contributed by atoms with Gasteiger partial charge in [-0.3, -0.25) is 14.4 Å². The average molecular weight is 395 g/mol. The number of carbonyl (C=O) groups excluding carboxylic acids is 2. The summed E-state index contributed by atoms with van der Waals surface area (Å²) in [6.45, 7) is 5.94. The van der Waals surface area contributed by atoms with Crippen molar-refractivity contribution in [1.82, 2.24) is 5.32 Å². The second-order valence-corrected chi connectivity index (χ2v) is 8.75. The Morgan fingerprint density at radius 1 is 1.15 bits per heavy atom. The minimum atomic E-state index is -0.776. The summed E-state index contributed by atoms with van der Waals surface area (Å²) < 4.78 is 0. The quantitative estimate of drug-likeness (QED) is 0.700. The highest BCUT2D eigenvalue weighted by molar-refractivity contribution is 6.34. The van der Waals surface area contributed by atoms with Crippen LogP contribution in [0.4, 0.5) is 5.69 Å². The Morgan fingerprint density at radius 3 is 2.33 bits per heavy atom. The monoisotopic (exact) mass is 394 g/mol. The number of benzene rings is 1. The zero-order valence-corrected chi connectivity index (χ0v) is 16.7. The lowest BCUT2D eigenvalue weighted by Gasteiger charge is -2.27. The van der Waals surface area contributed by atoms with Gasteiger partial charge in [-0.2, -0.15) is 0 Å². The lowest BCUT2D eigenvalue weighted by Crippen LogP contribution is -2.38. The second-order valence-electron chi connectivity index (χ2n) is 8.34. The Bertz CT molecular complexity index is 719. The molecule has 148 valence electrons. The fraction of sp³-hybridized carbons (Fsp3) is 0.550. The van der Waals surface area contributed by atoms with Crippen LogP contribution >= 0.6 is 11.6 Å². The number of carboxylic acid groups (broad SMARTS) is 1. The molecule has 1 aromatic rings. The van der Waals surface area contributed by atoms with Crippen molar-refractivity contribution < 1.29 is 19.5 Å². The van der Waals surface area contributed by atoms with Crippen LogP contribution in [0.15, 0.2) is 18.2 Å². The third-order valence-electron chi connectivity index (χ3n) is 4.60. The van der Waals surface area contributed by atoms with Crippen LogP contribution in [0.3, 0.4) is 0 Å². The van der Waals surface area contributed by atoms with E-state index >= 15 is 0 Å². The second kappa shape index (κ2) is 8.74. The molecular weight excluding hydrogens is 368 g/mol. The molecule has 0 aliphatic heterocycles. The SMILES string of the molecule is CC(C)(C)CC(=O)Nc1ccc(Cl)c(C(=O)NC2CCC(C(=O)O)CC2)c1. The van der Waals surface area contributed by atoms with Crippen LogP contribution in [0.1, 0.15) is 63.2 Å². The highest BCUT2D eigenvalue weighted by Crippen LogP contribution is 2.26. The molecule has 6 nitrogen and oxygen atoms in total. The Labute approximate surface area is 164 Å². The smallest absolute Gasteiger partial charge is 0.306 e. The molecule has 1 aliphatic carbocycles. The molecule has 0 aromatic heterocycles. The number of hydrogen-bond acceptors (Lipinski definition) is 3. The molecule has 0 saturated heterocycles. The van der Waals surface area contributed by atoms with E-state index in [4.69, 9.17) is 16.7 Å². The number of nitrogens with one attached hydrogen (secondary N) is 2. The van der Waals surface area contributed by atoms with Crippen LogP contribution < -0.4 is 10.6 Å². The molecule has 2 rings (SSSR count). The largest absolute Gasteiger partial charge is 0.481 e. The number of anilines is 1. The number of aliphatic carboxylic acids is 1. The number of rotatable bonds is 5. The van der Waals surface area contributed by atoms with Gasteiger partial charge in [-0.25, -0.2) is 0 Å². The normalized spacial score (nSPS) is 20.0. The van der Waals surface area contributed by atoms with Gasteiger partial charge >= 0.3 is 5.97 Å². The van der Waals surface area contributed by atoms with E-state index in [1.165, 1.54) is 0 Å². The van der Waals surface area contributed by atoms with Crippen molar-refractivity contribution in [3.05, 3.63) is 28.8 Å². The van der Waals surface area contributed by atoms with Crippen molar-refractivity contribution in [3.63, 3.8) is 0 Å². The number of halogens is 1. The molecule has 0 bridgehead atoms. The van der Waals surface area contributed by atoms with Gasteiger partial charge in [0.25, 0.3) is 5.91 Å². The van der Waals surface area contributed by atoms with Crippen LogP contribution in [-0.4, -0.2) is 28.9 Å². The molecule has 1 saturated carbocycles. The number of carboxylic acids is 1. The molecule has 0 unspecified atom stereocenters. The molecule has 7 heteroatoms. The lowest BCUT2D eigenvalue weighted by molar-refractivity contribution is -0.142. The molecule has 1 aliphatic rings. The molecule has 0 spiro atoms. The van der Waals surface area contributed by atoms with E-state index in [1.807, 2.05) is 20.8 Å². The van der Waals surface area contributed by atoms with E-state index in [9.17, 15) is 14.4 Å². The summed E-state index contributed by atoms with van der Waals surface area (Å²) in [5, 5.41) is 15.1. The summed E-state index contributed by atoms with van der Waals surface area (Å²) >= 11 is 6.17. The summed E-state index contributed by atoms with van der Waals surface area (Å²) in [6.07, 6.45) is 2.72. The first-order chi connectivity index (χ1) is 12.5. The molecule has 1 aromatic carbocycles. The Hall–Kier alpha value is -2.08. The van der Waals surface area contributed by atoms with Gasteiger partial charge in [0.1, 0.15) is 0 Å². The van der Waals surface area contributed by atoms with Crippen molar-refractivity contribution in [1.29, 1.82) is 0 Å². The summed E-state index contributed by atoms with van der Waals surface area (Å²) in [5.74, 6) is -1.54. The average Bonchev–Trinajstić information content (AvgIpc) is 2.55. The molecule has 0 atom stereocenters. The zero-order chi connectivity index (χ0) is 20.2. The zero-order valence-electron chi connectivity index (χ0n) is 16.0. The Morgan fingerprint density at radius 2 is 1.78 bits per heavy atom. The molecule has 0 radical (unpaired) electrons. The fourth-order valence-corrected chi connectivity index (χ4v) is 3.42. The van der Waals surface area contributed by atoms with Crippen molar-refractivity contribution >= 4 is 35.1 Å². The lowest BCUT2D eigenvalue weighted by atomic mass is 9.86. The first-order valence-corrected chi connectivity index (χ1v) is 9.56. The summed E-state index contributed by atoms with van der Waals surface area (Å²) in [6, 6.07) is 4.76. The molecule has 1 fully saturated rings. The minimum absolute atomic E-state index is 0.0664. The third kappa shape index (κ3) is 6.54. The van der Waals surface area contributed by atoms with Gasteiger partial charge in [-0.1, -0.05) is 32.4 Å². The van der Waals surface area contributed by atoms with Gasteiger partial charge in [0, 0.05) is 18.2 Å². The first-order valence-electron chi connectivity index (χ1n) is 9.18. The van der Waals surface area contributed by atoms with Crippen molar-refractivity contribution in [3.8, 4) is 0 Å². The van der Waals surface area contributed by atoms with Crippen molar-refractivity contribution in [2.24, 2.45) is 11.3 Å². The standard InChI is InChI=1S/C20H27ClN2O4/c1-20(2,3)11-17(24)22-14-8-9-16(21)15(10-14)18(25)23-13-6-4-12(5-7-13)19(26)27/h8-10,12-13H,4-7,11H2,1-3H3,(H,22,24)(H,23,25)(H,26,27). The van der Waals surface area contributed by atoms with Gasteiger partial charge in [-0.05, 0) is 49.3 Å². The molecular formula is C20H27ClN2O4. The van der Waals surface area contributed by atoms with Crippen LogP contribution in [0.25, 0.3) is 0 Å². The van der Waals surface area contributed by atoms with Crippen LogP contribution in [0.5, 0.6) is 0 Å². The highest BCUT2D eigenvalue weighted by atomic mass is 35.5. The fourth-order valence-electron chi connectivity index (χ4n) is 3.21. The topological polar surface area (TPSA) is 95.5 Å². The number of hydrogen-bond donors (Lipinski definition) is 3. The maximum atomic E-state index is 12.6. The van der Waals surface area contributed by atoms with Crippen molar-refractivity contribution in [2.75, 3.05) is 5.32 Å². The molecule has 2 amide bonds. The predicted octanol–water partition coefficient (Wildman–Crippen LogP) is 4.09. The maximum absolute atomic E-state index is 12.6. The van der Waals surface area contributed by atoms with Crippen LogP contribution in [0, 0.1) is 11.3 Å². The minimum Gasteiger partial charge on any atom is -0.481 e. The van der Waals surface area contributed by atoms with Crippen LogP contribution in [0.2, 0.25) is 5.02 Å². The van der Waals surface area contributed by atoms with Gasteiger partial charge < -0.3 is 15.7 Å². The predicted molar refractivity (Wildman–Crippen MR) is 105 cm³/mol. The van der Waals surface area contributed by atoms with Crippen molar-refractivity contribution in [2.45, 2.75) is 58.9 Å². The first kappa shape index (κ1) is 21.2. The van der Waals surface area contributed by atoms with E-state index in [2.05, 4.69) is 10.6 Å². The van der Waals surface area contributed by atoms with Gasteiger partial charge in [0.2, 0.25) is 5.91 Å². The molecule has 3 N–H and O–H groups in total. The maximum Gasteiger partial charge on any atom is 0.306 e. The van der Waals surface area contributed by atoms with E-state index in [0.717, 1.165) is 0 Å². The summed E-state index contributed by atoms with van der Waals surface area (Å²) in [4.78, 5) is 35.7. The van der Waals surface area contributed by atoms with Gasteiger partial charge in [0.05, 0.1) is 16.5 Å².